The number of nitro benzene ring substituents is 1. The van der Waals surface area contributed by atoms with Crippen LogP contribution in [-0.2, 0) is 16.0 Å². The summed E-state index contributed by atoms with van der Waals surface area (Å²) in [4.78, 5) is 34.9. The smallest absolute Gasteiger partial charge is 0.357 e. The van der Waals surface area contributed by atoms with Gasteiger partial charge in [-0.05, 0) is 17.7 Å². The van der Waals surface area contributed by atoms with Crippen molar-refractivity contribution in [3.05, 3.63) is 81.1 Å². The van der Waals surface area contributed by atoms with Crippen LogP contribution in [0, 0.1) is 10.1 Å². The summed E-state index contributed by atoms with van der Waals surface area (Å²) in [7, 11) is 0. The van der Waals surface area contributed by atoms with Gasteiger partial charge in [-0.1, -0.05) is 42.1 Å². The molecule has 1 atom stereocenters. The number of carboxylic acid groups (broad SMARTS) is 1. The zero-order valence-corrected chi connectivity index (χ0v) is 15.2. The lowest BCUT2D eigenvalue weighted by atomic mass is 9.92. The molecule has 4 rings (SSSR count). The third-order valence-corrected chi connectivity index (χ3v) is 5.88. The van der Waals surface area contributed by atoms with Gasteiger partial charge >= 0.3 is 5.97 Å². The highest BCUT2D eigenvalue weighted by Crippen LogP contribution is 2.56. The molecule has 0 spiro atoms. The summed E-state index contributed by atoms with van der Waals surface area (Å²) >= 11 is 1.20. The molecule has 2 aliphatic heterocycles. The molecule has 0 aromatic heterocycles. The minimum atomic E-state index is -1.24. The summed E-state index contributed by atoms with van der Waals surface area (Å²) in [6.45, 7) is 0. The highest BCUT2D eigenvalue weighted by Gasteiger charge is 2.61. The number of hydrogen-bond acceptors (Lipinski definition) is 6. The molecule has 2 aliphatic rings. The van der Waals surface area contributed by atoms with E-state index in [0.29, 0.717) is 12.2 Å². The number of thioether (sulfide) groups is 1. The van der Waals surface area contributed by atoms with Crippen LogP contribution in [-0.4, -0.2) is 31.7 Å². The fourth-order valence-corrected chi connectivity index (χ4v) is 4.81. The van der Waals surface area contributed by atoms with Crippen LogP contribution in [0.15, 0.2) is 65.4 Å². The van der Waals surface area contributed by atoms with E-state index in [0.717, 1.165) is 5.56 Å². The number of para-hydroxylation sites is 1. The van der Waals surface area contributed by atoms with Gasteiger partial charge in [0.15, 0.2) is 10.8 Å². The zero-order chi connectivity index (χ0) is 19.9. The summed E-state index contributed by atoms with van der Waals surface area (Å²) < 4.78 is 5.77. The Labute approximate surface area is 163 Å². The highest BCUT2D eigenvalue weighted by molar-refractivity contribution is 8.04. The first-order chi connectivity index (χ1) is 13.4. The number of carbonyl (C=O) groups excluding carboxylic acids is 1. The van der Waals surface area contributed by atoms with Crippen LogP contribution < -0.4 is 4.74 Å². The molecule has 0 aliphatic carbocycles. The van der Waals surface area contributed by atoms with Crippen molar-refractivity contribution < 1.29 is 24.4 Å². The van der Waals surface area contributed by atoms with Crippen molar-refractivity contribution >= 4 is 29.3 Å². The van der Waals surface area contributed by atoms with Crippen LogP contribution in [0.5, 0.6) is 5.75 Å². The quantitative estimate of drug-likeness (QED) is 0.452. The van der Waals surface area contributed by atoms with E-state index in [1.165, 1.54) is 28.8 Å². The van der Waals surface area contributed by atoms with Gasteiger partial charge in [-0.3, -0.25) is 19.8 Å². The van der Waals surface area contributed by atoms with E-state index in [1.807, 2.05) is 6.07 Å². The molecule has 142 valence electrons. The van der Waals surface area contributed by atoms with Gasteiger partial charge in [0.1, 0.15) is 10.6 Å². The Morgan fingerprint density at radius 1 is 1.21 bits per heavy atom. The number of β-lactam (4-membered cyclic amide) rings is 1. The highest BCUT2D eigenvalue weighted by atomic mass is 32.2. The Kier molecular flexibility index (Phi) is 4.31. The van der Waals surface area contributed by atoms with Crippen molar-refractivity contribution in [2.75, 3.05) is 0 Å². The molecule has 28 heavy (non-hydrogen) atoms. The molecule has 2 aromatic carbocycles. The second kappa shape index (κ2) is 6.68. The molecule has 1 unspecified atom stereocenters. The lowest BCUT2D eigenvalue weighted by molar-refractivity contribution is -0.384. The molecule has 2 heterocycles. The summed E-state index contributed by atoms with van der Waals surface area (Å²) in [5.74, 6) is -1.06. The number of benzene rings is 2. The van der Waals surface area contributed by atoms with Crippen LogP contribution in [0.2, 0.25) is 0 Å². The minimum absolute atomic E-state index is 0.0284. The lowest BCUT2D eigenvalue weighted by Crippen LogP contribution is -2.60. The van der Waals surface area contributed by atoms with Gasteiger partial charge in [0.25, 0.3) is 5.69 Å². The number of aliphatic carboxylic acids is 1. The number of fused-ring (bicyclic) bond motifs is 1. The Morgan fingerprint density at radius 3 is 2.46 bits per heavy atom. The van der Waals surface area contributed by atoms with Gasteiger partial charge in [0, 0.05) is 18.6 Å². The van der Waals surface area contributed by atoms with E-state index in [9.17, 15) is 24.8 Å². The van der Waals surface area contributed by atoms with Crippen molar-refractivity contribution in [3.8, 4) is 5.75 Å². The van der Waals surface area contributed by atoms with E-state index in [4.69, 9.17) is 4.74 Å². The zero-order valence-electron chi connectivity index (χ0n) is 14.4. The molecule has 1 amide bonds. The van der Waals surface area contributed by atoms with E-state index < -0.39 is 15.8 Å². The van der Waals surface area contributed by atoms with E-state index in [-0.39, 0.29) is 28.8 Å². The number of amides is 1. The summed E-state index contributed by atoms with van der Waals surface area (Å²) in [6.07, 6.45) is 0.507. The van der Waals surface area contributed by atoms with Gasteiger partial charge in [0.05, 0.1) is 11.3 Å². The fourth-order valence-electron chi connectivity index (χ4n) is 3.33. The third kappa shape index (κ3) is 2.99. The van der Waals surface area contributed by atoms with Crippen LogP contribution in [0.3, 0.4) is 0 Å². The number of hydrogen-bond donors (Lipinski definition) is 1. The number of rotatable bonds is 6. The number of ether oxygens (including phenoxy) is 1. The maximum Gasteiger partial charge on any atom is 0.357 e. The molecule has 0 saturated carbocycles. The molecule has 2 aromatic rings. The van der Waals surface area contributed by atoms with Crippen LogP contribution >= 0.6 is 11.8 Å². The Bertz CT molecular complexity index is 1000. The maximum atomic E-state index is 12.2. The molecule has 9 heteroatoms. The number of nitrogens with zero attached hydrogens (tertiary/aromatic N) is 2. The third-order valence-electron chi connectivity index (χ3n) is 4.57. The van der Waals surface area contributed by atoms with Gasteiger partial charge in [-0.2, -0.15) is 0 Å². The van der Waals surface area contributed by atoms with Gasteiger partial charge in [0.2, 0.25) is 5.91 Å². The van der Waals surface area contributed by atoms with Crippen LogP contribution in [0.4, 0.5) is 5.69 Å². The van der Waals surface area contributed by atoms with Crippen molar-refractivity contribution in [2.24, 2.45) is 0 Å². The standard InChI is InChI=1S/C19H14N2O6S/c22-15-11-19(10-12-6-8-13(9-7-12)21(25)26)20(15)16(17(23)24)18(28-19)27-14-4-2-1-3-5-14/h1-9H,10-11H2,(H,23,24). The first-order valence-corrected chi connectivity index (χ1v) is 9.17. The second-order valence-electron chi connectivity index (χ2n) is 6.41. The first-order valence-electron chi connectivity index (χ1n) is 8.35. The van der Waals surface area contributed by atoms with E-state index in [2.05, 4.69) is 0 Å². The predicted octanol–water partition coefficient (Wildman–Crippen LogP) is 3.15. The van der Waals surface area contributed by atoms with Crippen molar-refractivity contribution in [3.63, 3.8) is 0 Å². The van der Waals surface area contributed by atoms with Gasteiger partial charge in [-0.25, -0.2) is 4.79 Å². The van der Waals surface area contributed by atoms with Crippen molar-refractivity contribution in [1.82, 2.24) is 4.90 Å². The average Bonchev–Trinajstić information content (AvgIpc) is 2.91. The fraction of sp³-hybridized carbons (Fsp3) is 0.158. The van der Waals surface area contributed by atoms with Gasteiger partial charge in [-0.15, -0.1) is 0 Å². The predicted molar refractivity (Wildman–Crippen MR) is 100 cm³/mol. The van der Waals surface area contributed by atoms with Crippen molar-refractivity contribution in [1.29, 1.82) is 0 Å². The summed E-state index contributed by atoms with van der Waals surface area (Å²) in [6, 6.07) is 14.8. The second-order valence-corrected chi connectivity index (χ2v) is 7.75. The number of carbonyl (C=O) groups is 2. The molecule has 0 bridgehead atoms. The first kappa shape index (κ1) is 18.1. The SMILES string of the molecule is O=C(O)C1=C(Oc2ccccc2)SC2(Cc3ccc([N+](=O)[O-])cc3)CC(=O)N12. The average molecular weight is 398 g/mol. The monoisotopic (exact) mass is 398 g/mol. The van der Waals surface area contributed by atoms with Crippen LogP contribution in [0.1, 0.15) is 12.0 Å². The van der Waals surface area contributed by atoms with E-state index in [1.54, 1.807) is 36.4 Å². The summed E-state index contributed by atoms with van der Waals surface area (Å²) in [5.41, 5.74) is 0.563. The topological polar surface area (TPSA) is 110 Å². The lowest BCUT2D eigenvalue weighted by Gasteiger charge is -2.46. The molecule has 8 nitrogen and oxygen atoms in total. The molecule has 1 saturated heterocycles. The number of nitro groups is 1. The Hall–Kier alpha value is -3.33. The number of carboxylic acids is 1. The molecule has 1 fully saturated rings. The molecule has 0 radical (unpaired) electrons. The van der Waals surface area contributed by atoms with E-state index >= 15 is 0 Å². The molecular formula is C19H14N2O6S. The molecular weight excluding hydrogens is 384 g/mol. The normalized spacial score (nSPS) is 20.6. The summed E-state index contributed by atoms with van der Waals surface area (Å²) in [5, 5.41) is 20.6. The maximum absolute atomic E-state index is 12.2. The Balaban J connectivity index is 1.63. The largest absolute Gasteiger partial charge is 0.476 e. The molecule has 1 N–H and O–H groups in total. The van der Waals surface area contributed by atoms with Crippen molar-refractivity contribution in [2.45, 2.75) is 17.7 Å². The minimum Gasteiger partial charge on any atom is -0.476 e. The van der Waals surface area contributed by atoms with Crippen LogP contribution in [0.25, 0.3) is 0 Å². The number of non-ortho nitro benzene ring substituents is 1. The Morgan fingerprint density at radius 2 is 1.89 bits per heavy atom. The van der Waals surface area contributed by atoms with Gasteiger partial charge < -0.3 is 9.84 Å².